The van der Waals surface area contributed by atoms with Gasteiger partial charge in [0.05, 0.1) is 5.75 Å². The van der Waals surface area contributed by atoms with Crippen molar-refractivity contribution < 1.29 is 18.8 Å². The second-order valence-electron chi connectivity index (χ2n) is 7.26. The lowest BCUT2D eigenvalue weighted by molar-refractivity contribution is -0.130. The predicted octanol–water partition coefficient (Wildman–Crippen LogP) is 2.34. The summed E-state index contributed by atoms with van der Waals surface area (Å²) >= 11 is 1.39. The molecule has 27 heavy (non-hydrogen) atoms. The highest BCUT2D eigenvalue weighted by Gasteiger charge is 2.47. The zero-order valence-corrected chi connectivity index (χ0v) is 15.8. The number of carbonyl (C=O) groups is 3. The van der Waals surface area contributed by atoms with E-state index in [0.717, 1.165) is 17.7 Å². The van der Waals surface area contributed by atoms with Crippen molar-refractivity contribution >= 4 is 29.6 Å². The molecule has 0 atom stereocenters. The fourth-order valence-electron chi connectivity index (χ4n) is 3.71. The molecule has 1 aromatic rings. The van der Waals surface area contributed by atoms with E-state index in [4.69, 9.17) is 0 Å². The fraction of sp³-hybridized carbons (Fsp3) is 0.526. The molecule has 2 aliphatic heterocycles. The molecule has 0 radical (unpaired) electrons. The number of amides is 4. The molecule has 4 rings (SSSR count). The largest absolute Gasteiger partial charge is 0.342 e. The zero-order chi connectivity index (χ0) is 19.0. The first-order chi connectivity index (χ1) is 13.0. The summed E-state index contributed by atoms with van der Waals surface area (Å²) in [5.41, 5.74) is 0. The Labute approximate surface area is 161 Å². The third kappa shape index (κ3) is 3.95. The van der Waals surface area contributed by atoms with E-state index in [1.807, 2.05) is 4.90 Å². The summed E-state index contributed by atoms with van der Waals surface area (Å²) in [4.78, 5) is 42.8. The average molecular weight is 391 g/mol. The number of halogens is 1. The van der Waals surface area contributed by atoms with Crippen LogP contribution in [0.3, 0.4) is 0 Å². The number of imide groups is 1. The fourth-order valence-corrected chi connectivity index (χ4v) is 4.51. The number of rotatable bonds is 5. The molecule has 3 fully saturated rings. The van der Waals surface area contributed by atoms with Gasteiger partial charge in [-0.1, -0.05) is 0 Å². The Bertz CT molecular complexity index is 745. The van der Waals surface area contributed by atoms with E-state index >= 15 is 0 Å². The Morgan fingerprint density at radius 3 is 2.33 bits per heavy atom. The highest BCUT2D eigenvalue weighted by atomic mass is 32.2. The predicted molar refractivity (Wildman–Crippen MR) is 98.7 cm³/mol. The molecule has 0 spiro atoms. The van der Waals surface area contributed by atoms with Crippen molar-refractivity contribution in [2.75, 3.05) is 25.4 Å². The van der Waals surface area contributed by atoms with E-state index in [0.29, 0.717) is 31.7 Å². The summed E-state index contributed by atoms with van der Waals surface area (Å²) in [5, 5.41) is 0. The van der Waals surface area contributed by atoms with Crippen LogP contribution in [-0.2, 0) is 9.59 Å². The molecule has 2 heterocycles. The number of likely N-dealkylation sites (tertiary alicyclic amines) is 1. The van der Waals surface area contributed by atoms with Crippen molar-refractivity contribution in [1.29, 1.82) is 0 Å². The normalized spacial score (nSPS) is 21.3. The number of carbonyl (C=O) groups excluding carboxylic acids is 3. The minimum Gasteiger partial charge on any atom is -0.342 e. The van der Waals surface area contributed by atoms with Gasteiger partial charge in [0.15, 0.2) is 0 Å². The molecule has 1 saturated carbocycles. The van der Waals surface area contributed by atoms with Gasteiger partial charge in [0.25, 0.3) is 5.91 Å². The van der Waals surface area contributed by atoms with Crippen molar-refractivity contribution in [1.82, 2.24) is 14.7 Å². The number of piperidine rings is 1. The van der Waals surface area contributed by atoms with Gasteiger partial charge in [-0.3, -0.25) is 14.5 Å². The van der Waals surface area contributed by atoms with E-state index in [1.165, 1.54) is 28.8 Å². The summed E-state index contributed by atoms with van der Waals surface area (Å²) < 4.78 is 12.9. The lowest BCUT2D eigenvalue weighted by Gasteiger charge is -2.36. The summed E-state index contributed by atoms with van der Waals surface area (Å²) in [6, 6.07) is 6.09. The highest BCUT2D eigenvalue weighted by Crippen LogP contribution is 2.32. The van der Waals surface area contributed by atoms with Crippen LogP contribution >= 0.6 is 11.8 Å². The molecule has 0 bridgehead atoms. The Balaban J connectivity index is 1.26. The van der Waals surface area contributed by atoms with Gasteiger partial charge in [-0.05, 0) is 49.9 Å². The quantitative estimate of drug-likeness (QED) is 0.571. The first-order valence-electron chi connectivity index (χ1n) is 9.32. The third-order valence-electron chi connectivity index (χ3n) is 5.37. The Morgan fingerprint density at radius 1 is 1.04 bits per heavy atom. The molecule has 1 aromatic carbocycles. The van der Waals surface area contributed by atoms with Crippen LogP contribution in [0, 0.1) is 5.82 Å². The van der Waals surface area contributed by atoms with Crippen molar-refractivity contribution in [2.45, 2.75) is 42.7 Å². The van der Waals surface area contributed by atoms with Crippen LogP contribution in [0.5, 0.6) is 0 Å². The van der Waals surface area contributed by atoms with Crippen LogP contribution in [-0.4, -0.2) is 70.0 Å². The van der Waals surface area contributed by atoms with Crippen LogP contribution in [0.2, 0.25) is 0 Å². The molecule has 2 saturated heterocycles. The number of thioether (sulfide) groups is 1. The van der Waals surface area contributed by atoms with E-state index in [9.17, 15) is 18.8 Å². The van der Waals surface area contributed by atoms with E-state index in [2.05, 4.69) is 0 Å². The minimum absolute atomic E-state index is 0.0269. The molecule has 1 aliphatic carbocycles. The molecular formula is C19H22FN3O3S. The standard InChI is InChI=1S/C19H22FN3O3S/c20-13-1-5-16(6-2-13)27-12-18(25)21-9-7-14(8-10-21)22-11-17(24)23(19(22)26)15-3-4-15/h1-2,5-6,14-15H,3-4,7-12H2. The van der Waals surface area contributed by atoms with Gasteiger partial charge in [-0.2, -0.15) is 0 Å². The lowest BCUT2D eigenvalue weighted by Crippen LogP contribution is -2.48. The Kier molecular flexibility index (Phi) is 5.08. The molecule has 3 aliphatic rings. The van der Waals surface area contributed by atoms with Crippen molar-refractivity contribution in [3.8, 4) is 0 Å². The molecule has 8 heteroatoms. The summed E-state index contributed by atoms with van der Waals surface area (Å²) in [7, 11) is 0. The van der Waals surface area contributed by atoms with E-state index < -0.39 is 0 Å². The summed E-state index contributed by atoms with van der Waals surface area (Å²) in [5.74, 6) is -0.0155. The number of nitrogens with zero attached hydrogens (tertiary/aromatic N) is 3. The van der Waals surface area contributed by atoms with Gasteiger partial charge in [-0.25, -0.2) is 9.18 Å². The van der Waals surface area contributed by atoms with Crippen molar-refractivity contribution in [3.63, 3.8) is 0 Å². The molecule has 144 valence electrons. The highest BCUT2D eigenvalue weighted by molar-refractivity contribution is 8.00. The van der Waals surface area contributed by atoms with Crippen molar-refractivity contribution in [3.05, 3.63) is 30.1 Å². The second-order valence-corrected chi connectivity index (χ2v) is 8.31. The van der Waals surface area contributed by atoms with Gasteiger partial charge < -0.3 is 9.80 Å². The molecule has 6 nitrogen and oxygen atoms in total. The van der Waals surface area contributed by atoms with Crippen LogP contribution in [0.1, 0.15) is 25.7 Å². The number of hydrogen-bond donors (Lipinski definition) is 0. The van der Waals surface area contributed by atoms with Crippen LogP contribution < -0.4 is 0 Å². The number of benzene rings is 1. The third-order valence-corrected chi connectivity index (χ3v) is 6.37. The van der Waals surface area contributed by atoms with Gasteiger partial charge in [-0.15, -0.1) is 11.8 Å². The van der Waals surface area contributed by atoms with Gasteiger partial charge in [0.2, 0.25) is 5.91 Å². The smallest absolute Gasteiger partial charge is 0.327 e. The molecular weight excluding hydrogens is 369 g/mol. The molecule has 0 unspecified atom stereocenters. The maximum absolute atomic E-state index is 12.9. The monoisotopic (exact) mass is 391 g/mol. The average Bonchev–Trinajstić information content (AvgIpc) is 3.46. The summed E-state index contributed by atoms with van der Waals surface area (Å²) in [6.45, 7) is 1.36. The maximum atomic E-state index is 12.9. The second kappa shape index (κ2) is 7.50. The zero-order valence-electron chi connectivity index (χ0n) is 15.0. The van der Waals surface area contributed by atoms with E-state index in [-0.39, 0.29) is 42.3 Å². The Morgan fingerprint density at radius 2 is 1.70 bits per heavy atom. The number of hydrogen-bond acceptors (Lipinski definition) is 4. The first kappa shape index (κ1) is 18.3. The van der Waals surface area contributed by atoms with Crippen LogP contribution in [0.4, 0.5) is 9.18 Å². The maximum Gasteiger partial charge on any atom is 0.327 e. The van der Waals surface area contributed by atoms with Gasteiger partial charge in [0, 0.05) is 30.1 Å². The lowest BCUT2D eigenvalue weighted by atomic mass is 10.0. The molecule has 0 aromatic heterocycles. The molecule has 0 N–H and O–H groups in total. The number of urea groups is 1. The van der Waals surface area contributed by atoms with E-state index in [1.54, 1.807) is 17.0 Å². The van der Waals surface area contributed by atoms with Crippen molar-refractivity contribution in [2.24, 2.45) is 0 Å². The van der Waals surface area contributed by atoms with Crippen LogP contribution in [0.25, 0.3) is 0 Å². The SMILES string of the molecule is O=C(CSc1ccc(F)cc1)N1CCC(N2CC(=O)N(C3CC3)C2=O)CC1. The minimum atomic E-state index is -0.289. The van der Waals surface area contributed by atoms with Gasteiger partial charge in [0.1, 0.15) is 12.4 Å². The Hall–Kier alpha value is -2.09. The summed E-state index contributed by atoms with van der Waals surface area (Å²) in [6.07, 6.45) is 3.24. The van der Waals surface area contributed by atoms with Crippen LogP contribution in [0.15, 0.2) is 29.2 Å². The molecule has 4 amide bonds. The first-order valence-corrected chi connectivity index (χ1v) is 10.3. The topological polar surface area (TPSA) is 60.9 Å². The van der Waals surface area contributed by atoms with Gasteiger partial charge >= 0.3 is 6.03 Å².